The molecule has 2 aromatic carbocycles. The summed E-state index contributed by atoms with van der Waals surface area (Å²) in [4.78, 5) is 11.5. The number of aromatic nitrogens is 1. The van der Waals surface area contributed by atoms with Gasteiger partial charge in [-0.25, -0.2) is 9.98 Å². The van der Waals surface area contributed by atoms with Gasteiger partial charge in [-0.3, -0.25) is 0 Å². The molecule has 1 N–H and O–H groups in total. The number of hydrogen-bond donors (Lipinski definition) is 1. The van der Waals surface area contributed by atoms with Crippen molar-refractivity contribution in [2.24, 2.45) is 4.99 Å². The van der Waals surface area contributed by atoms with Crippen LogP contribution in [0.4, 0.5) is 10.8 Å². The number of nitrogens with zero attached hydrogens (tertiary/aromatic N) is 3. The van der Waals surface area contributed by atoms with Crippen molar-refractivity contribution in [1.82, 2.24) is 9.88 Å². The molecule has 0 bridgehead atoms. The zero-order valence-corrected chi connectivity index (χ0v) is 17.7. The van der Waals surface area contributed by atoms with Crippen molar-refractivity contribution >= 4 is 60.9 Å². The molecule has 140 valence electrons. The summed E-state index contributed by atoms with van der Waals surface area (Å²) in [7, 11) is 2.09. The van der Waals surface area contributed by atoms with Gasteiger partial charge in [0, 0.05) is 30.9 Å². The van der Waals surface area contributed by atoms with Crippen LogP contribution in [0, 0.1) is 6.92 Å². The highest BCUT2D eigenvalue weighted by molar-refractivity contribution is 8.14. The van der Waals surface area contributed by atoms with E-state index in [4.69, 9.17) is 16.6 Å². The second-order valence-electron chi connectivity index (χ2n) is 6.60. The summed E-state index contributed by atoms with van der Waals surface area (Å²) in [6, 6.07) is 12.5. The lowest BCUT2D eigenvalue weighted by Gasteiger charge is -2.09. The monoisotopic (exact) mass is 416 g/mol. The molecule has 27 heavy (non-hydrogen) atoms. The van der Waals surface area contributed by atoms with Crippen molar-refractivity contribution < 1.29 is 0 Å². The number of benzene rings is 2. The maximum absolute atomic E-state index is 6.19. The van der Waals surface area contributed by atoms with Crippen LogP contribution >= 0.6 is 34.7 Å². The molecule has 1 aliphatic heterocycles. The summed E-state index contributed by atoms with van der Waals surface area (Å²) < 4.78 is 1.16. The van der Waals surface area contributed by atoms with E-state index < -0.39 is 0 Å². The average Bonchev–Trinajstić information content (AvgIpc) is 3.23. The van der Waals surface area contributed by atoms with Gasteiger partial charge in [0.2, 0.25) is 0 Å². The van der Waals surface area contributed by atoms with Crippen molar-refractivity contribution in [3.63, 3.8) is 0 Å². The summed E-state index contributed by atoms with van der Waals surface area (Å²) >= 11 is 9.67. The van der Waals surface area contributed by atoms with Crippen LogP contribution < -0.4 is 5.32 Å². The molecular formula is C20H21ClN4S2. The van der Waals surface area contributed by atoms with Crippen LogP contribution in [0.1, 0.15) is 11.1 Å². The van der Waals surface area contributed by atoms with Gasteiger partial charge in [-0.15, -0.1) is 0 Å². The van der Waals surface area contributed by atoms with Crippen molar-refractivity contribution in [3.8, 4) is 0 Å². The molecule has 1 aliphatic rings. The number of aryl methyl sites for hydroxylation is 1. The van der Waals surface area contributed by atoms with Crippen LogP contribution in [0.3, 0.4) is 0 Å². The van der Waals surface area contributed by atoms with Crippen molar-refractivity contribution in [2.45, 2.75) is 13.3 Å². The van der Waals surface area contributed by atoms with Crippen LogP contribution in [-0.2, 0) is 6.42 Å². The number of aliphatic imine (C=N–C) groups is 1. The van der Waals surface area contributed by atoms with E-state index in [0.717, 1.165) is 62.1 Å². The number of anilines is 1. The minimum absolute atomic E-state index is 0.769. The van der Waals surface area contributed by atoms with Crippen LogP contribution in [0.5, 0.6) is 0 Å². The number of amidine groups is 1. The summed E-state index contributed by atoms with van der Waals surface area (Å²) in [5, 5.41) is 6.24. The maximum atomic E-state index is 6.19. The number of nitrogens with one attached hydrogen (secondary N) is 1. The normalized spacial score (nSPS) is 15.8. The quantitative estimate of drug-likeness (QED) is 0.589. The molecule has 0 aliphatic carbocycles. The van der Waals surface area contributed by atoms with E-state index in [-0.39, 0.29) is 0 Å². The number of thioether (sulfide) groups is 1. The lowest BCUT2D eigenvalue weighted by atomic mass is 10.1. The van der Waals surface area contributed by atoms with Crippen LogP contribution in [0.15, 0.2) is 41.4 Å². The Morgan fingerprint density at radius 1 is 1.26 bits per heavy atom. The number of hydrogen-bond acceptors (Lipinski definition) is 5. The Morgan fingerprint density at radius 3 is 2.81 bits per heavy atom. The van der Waals surface area contributed by atoms with Gasteiger partial charge >= 0.3 is 0 Å². The first-order chi connectivity index (χ1) is 13.1. The third-order valence-corrected chi connectivity index (χ3v) is 6.94. The molecule has 3 aromatic rings. The third-order valence-electron chi connectivity index (χ3n) is 4.50. The van der Waals surface area contributed by atoms with E-state index >= 15 is 0 Å². The average molecular weight is 417 g/mol. The molecule has 4 nitrogen and oxygen atoms in total. The Balaban J connectivity index is 1.35. The first-order valence-corrected chi connectivity index (χ1v) is 11.1. The van der Waals surface area contributed by atoms with Crippen molar-refractivity contribution in [1.29, 1.82) is 0 Å². The second-order valence-corrected chi connectivity index (χ2v) is 9.10. The summed E-state index contributed by atoms with van der Waals surface area (Å²) in [5.74, 6) is 1.12. The Bertz CT molecular complexity index is 943. The fourth-order valence-corrected chi connectivity index (χ4v) is 5.04. The molecule has 0 radical (unpaired) electrons. The van der Waals surface area contributed by atoms with Gasteiger partial charge < -0.3 is 10.2 Å². The van der Waals surface area contributed by atoms with Gasteiger partial charge in [0.1, 0.15) is 0 Å². The molecule has 0 saturated carbocycles. The number of halogens is 1. The lowest BCUT2D eigenvalue weighted by Crippen LogP contribution is -2.17. The van der Waals surface area contributed by atoms with E-state index in [9.17, 15) is 0 Å². The van der Waals surface area contributed by atoms with E-state index in [0.29, 0.717) is 0 Å². The fourth-order valence-electron chi connectivity index (χ4n) is 2.88. The molecule has 1 saturated heterocycles. The Kier molecular flexibility index (Phi) is 5.57. The smallest absolute Gasteiger partial charge is 0.183 e. The lowest BCUT2D eigenvalue weighted by molar-refractivity contribution is 0.563. The Labute approximate surface area is 172 Å². The van der Waals surface area contributed by atoms with Crippen LogP contribution in [0.2, 0.25) is 5.02 Å². The summed E-state index contributed by atoms with van der Waals surface area (Å²) in [6.45, 7) is 3.94. The van der Waals surface area contributed by atoms with E-state index in [1.807, 2.05) is 24.8 Å². The minimum atomic E-state index is 0.769. The SMILES string of the molecule is Cc1cc2sc(NCCc3ccc(N=C4SCCN4C)cc3)nc2cc1Cl. The zero-order chi connectivity index (χ0) is 18.8. The largest absolute Gasteiger partial charge is 0.361 e. The highest BCUT2D eigenvalue weighted by Crippen LogP contribution is 2.30. The van der Waals surface area contributed by atoms with E-state index in [2.05, 4.69) is 52.6 Å². The summed E-state index contributed by atoms with van der Waals surface area (Å²) in [5.41, 5.74) is 4.35. The minimum Gasteiger partial charge on any atom is -0.361 e. The molecule has 2 heterocycles. The molecule has 0 atom stereocenters. The Morgan fingerprint density at radius 2 is 2.07 bits per heavy atom. The van der Waals surface area contributed by atoms with Crippen LogP contribution in [-0.4, -0.2) is 40.9 Å². The molecule has 0 unspecified atom stereocenters. The zero-order valence-electron chi connectivity index (χ0n) is 15.3. The highest BCUT2D eigenvalue weighted by Gasteiger charge is 2.14. The first kappa shape index (κ1) is 18.6. The number of thiazole rings is 1. The van der Waals surface area contributed by atoms with Crippen LogP contribution in [0.25, 0.3) is 10.2 Å². The Hall–Kier alpha value is -1.76. The first-order valence-electron chi connectivity index (χ1n) is 8.90. The maximum Gasteiger partial charge on any atom is 0.183 e. The molecule has 7 heteroatoms. The predicted octanol–water partition coefficient (Wildman–Crippen LogP) is 5.58. The van der Waals surface area contributed by atoms with Gasteiger partial charge in [-0.2, -0.15) is 0 Å². The highest BCUT2D eigenvalue weighted by atomic mass is 35.5. The van der Waals surface area contributed by atoms with Crippen molar-refractivity contribution in [3.05, 3.63) is 52.5 Å². The molecule has 1 fully saturated rings. The van der Waals surface area contributed by atoms with E-state index in [1.54, 1.807) is 11.3 Å². The van der Waals surface area contributed by atoms with Crippen molar-refractivity contribution in [2.75, 3.05) is 31.2 Å². The van der Waals surface area contributed by atoms with Gasteiger partial charge in [-0.1, -0.05) is 46.8 Å². The molecule has 0 amide bonds. The molecule has 1 aromatic heterocycles. The standard InChI is InChI=1S/C20H21ClN4S2/c1-13-11-18-17(12-16(13)21)24-19(27-18)22-8-7-14-3-5-15(6-4-14)23-20-25(2)9-10-26-20/h3-6,11-12H,7-10H2,1-2H3,(H,22,24). The fraction of sp³-hybridized carbons (Fsp3) is 0.300. The number of fused-ring (bicyclic) bond motifs is 1. The third kappa shape index (κ3) is 4.39. The molecule has 4 rings (SSSR count). The number of rotatable bonds is 5. The van der Waals surface area contributed by atoms with Gasteiger partial charge in [0.15, 0.2) is 10.3 Å². The summed E-state index contributed by atoms with van der Waals surface area (Å²) in [6.07, 6.45) is 0.946. The van der Waals surface area contributed by atoms with E-state index in [1.165, 1.54) is 5.56 Å². The van der Waals surface area contributed by atoms with Gasteiger partial charge in [0.25, 0.3) is 0 Å². The predicted molar refractivity (Wildman–Crippen MR) is 120 cm³/mol. The van der Waals surface area contributed by atoms with Gasteiger partial charge in [0.05, 0.1) is 15.9 Å². The molecular weight excluding hydrogens is 396 g/mol. The molecule has 0 spiro atoms. The van der Waals surface area contributed by atoms with Gasteiger partial charge in [-0.05, 0) is 48.7 Å². The topological polar surface area (TPSA) is 40.5 Å². The second kappa shape index (κ2) is 8.09.